The van der Waals surface area contributed by atoms with E-state index in [1.807, 2.05) is 6.07 Å². The molecule has 18 rings (SSSR count). The third-order valence-corrected chi connectivity index (χ3v) is 15.5. The van der Waals surface area contributed by atoms with Crippen molar-refractivity contribution in [3.8, 4) is 22.7 Å². The lowest BCUT2D eigenvalue weighted by Gasteiger charge is -2.10. The van der Waals surface area contributed by atoms with Crippen molar-refractivity contribution in [2.24, 2.45) is 0 Å². The van der Waals surface area contributed by atoms with Gasteiger partial charge in [0.1, 0.15) is 5.58 Å². The Labute approximate surface area is 417 Å². The summed E-state index contributed by atoms with van der Waals surface area (Å²) < 4.78 is 23.2. The monoisotopic (exact) mass is 948 g/mol. The van der Waals surface area contributed by atoms with Crippen LogP contribution in [0.25, 0.3) is 150 Å². The molecule has 0 unspecified atom stereocenters. The zero-order chi connectivity index (χ0) is 47.9. The molecule has 18 aromatic rings. The van der Waals surface area contributed by atoms with Gasteiger partial charge in [-0.25, -0.2) is 15.0 Å². The van der Waals surface area contributed by atoms with Crippen molar-refractivity contribution in [1.82, 2.24) is 46.4 Å². The summed E-state index contributed by atoms with van der Waals surface area (Å²) in [6.07, 6.45) is 0. The minimum Gasteiger partial charge on any atom is -0.454 e. The number of rotatable bonds is 4. The number of imidazole rings is 6. The van der Waals surface area contributed by atoms with Crippen molar-refractivity contribution in [2.45, 2.75) is 0 Å². The summed E-state index contributed by atoms with van der Waals surface area (Å²) in [6.45, 7) is 0. The fraction of sp³-hybridized carbons (Fsp3) is 0. The normalized spacial score (nSPS) is 12.6. The maximum absolute atomic E-state index is 7.12. The van der Waals surface area contributed by atoms with Gasteiger partial charge >= 0.3 is 0 Å². The molecule has 0 aliphatic rings. The van der Waals surface area contributed by atoms with Gasteiger partial charge in [0.15, 0.2) is 5.58 Å². The summed E-state index contributed by atoms with van der Waals surface area (Å²) in [6, 6.07) is 77.3. The van der Waals surface area contributed by atoms with E-state index in [0.717, 1.165) is 150 Å². The lowest BCUT2D eigenvalue weighted by atomic mass is 10.1. The molecule has 0 aliphatic carbocycles. The van der Waals surface area contributed by atoms with Gasteiger partial charge < -0.3 is 8.98 Å². The molecule has 8 heterocycles. The first-order valence-corrected chi connectivity index (χ1v) is 24.9. The number of hydrogen-bond donors (Lipinski definition) is 0. The first-order chi connectivity index (χ1) is 36.7. The number of benzene rings is 10. The van der Waals surface area contributed by atoms with Gasteiger partial charge in [0.05, 0.1) is 99.7 Å². The summed E-state index contributed by atoms with van der Waals surface area (Å²) in [7, 11) is 0. The zero-order valence-electron chi connectivity index (χ0n) is 39.2. The quantitative estimate of drug-likeness (QED) is 0.176. The van der Waals surface area contributed by atoms with E-state index in [4.69, 9.17) is 19.4 Å². The van der Waals surface area contributed by atoms with Crippen LogP contribution in [0.5, 0.6) is 0 Å². The van der Waals surface area contributed by atoms with E-state index in [1.54, 1.807) is 0 Å². The minimum absolute atomic E-state index is 0.795. The van der Waals surface area contributed by atoms with Gasteiger partial charge in [-0.2, -0.15) is 0 Å². The van der Waals surface area contributed by atoms with E-state index < -0.39 is 0 Å². The third kappa shape index (κ3) is 4.78. The van der Waals surface area contributed by atoms with Crippen LogP contribution in [0.15, 0.2) is 223 Å². The Hall–Kier alpha value is -10.4. The molecular formula is C63H36N10O. The van der Waals surface area contributed by atoms with Crippen LogP contribution in [0.2, 0.25) is 0 Å². The van der Waals surface area contributed by atoms with Crippen LogP contribution >= 0.6 is 0 Å². The third-order valence-electron chi connectivity index (χ3n) is 15.5. The highest BCUT2D eigenvalue weighted by atomic mass is 16.3. The van der Waals surface area contributed by atoms with Crippen molar-refractivity contribution in [2.75, 3.05) is 0 Å². The van der Waals surface area contributed by atoms with Gasteiger partial charge in [0.2, 0.25) is 17.3 Å². The van der Waals surface area contributed by atoms with Gasteiger partial charge in [-0.3, -0.25) is 26.9 Å². The Balaban J connectivity index is 0.860. The van der Waals surface area contributed by atoms with Gasteiger partial charge in [-0.05, 0) is 121 Å². The van der Waals surface area contributed by atoms with Crippen LogP contribution in [0, 0.1) is 0 Å². The largest absolute Gasteiger partial charge is 0.454 e. The molecule has 74 heavy (non-hydrogen) atoms. The molecule has 10 aromatic carbocycles. The Bertz CT molecular complexity index is 5470. The van der Waals surface area contributed by atoms with Gasteiger partial charge in [-0.15, -0.1) is 0 Å². The van der Waals surface area contributed by atoms with Gasteiger partial charge in [0.25, 0.3) is 0 Å². The Morgan fingerprint density at radius 3 is 1.36 bits per heavy atom. The molecule has 0 spiro atoms. The molecule has 0 bridgehead atoms. The topological polar surface area (TPSA) is 84.8 Å². The van der Waals surface area contributed by atoms with E-state index >= 15 is 0 Å². The number of aromatic nitrogens is 10. The standard InChI is InChI=1S/C63H36N10O/c1-5-20-45-39(15-1)41-35-37(67-50-24-9-11-26-52(50)70-47-21-6-2-17-42(47)64-61(67)70)31-33-46(41)69(45)56-29-13-16-40-59-55(28-14-30-58(59)74-60(40)56)73-54-34-32-38(36-57(54)72-49-23-8-4-19-44(49)66-63(72)73)68-51-25-10-12-27-53(51)71-48-22-7-3-18-43(48)65-62(68)71/h1-36H. The first-order valence-electron chi connectivity index (χ1n) is 24.9. The van der Waals surface area contributed by atoms with Crippen molar-refractivity contribution < 1.29 is 4.42 Å². The van der Waals surface area contributed by atoms with Crippen molar-refractivity contribution in [1.29, 1.82) is 0 Å². The molecule has 0 saturated heterocycles. The zero-order valence-corrected chi connectivity index (χ0v) is 39.2. The molecule has 11 heteroatoms. The molecule has 0 radical (unpaired) electrons. The van der Waals surface area contributed by atoms with Gasteiger partial charge in [-0.1, -0.05) is 97.1 Å². The van der Waals surface area contributed by atoms with E-state index in [-0.39, 0.29) is 0 Å². The molecule has 0 atom stereocenters. The first kappa shape index (κ1) is 38.4. The molecule has 0 aliphatic heterocycles. The molecule has 8 aromatic heterocycles. The Morgan fingerprint density at radius 2 is 0.730 bits per heavy atom. The molecule has 11 nitrogen and oxygen atoms in total. The van der Waals surface area contributed by atoms with Crippen LogP contribution in [0.1, 0.15) is 0 Å². The molecule has 344 valence electrons. The van der Waals surface area contributed by atoms with Crippen LogP contribution < -0.4 is 0 Å². The maximum atomic E-state index is 7.12. The van der Waals surface area contributed by atoms with Crippen molar-refractivity contribution >= 4 is 127 Å². The molecule has 0 fully saturated rings. The van der Waals surface area contributed by atoms with Crippen molar-refractivity contribution in [3.05, 3.63) is 218 Å². The second-order valence-corrected chi connectivity index (χ2v) is 19.3. The highest BCUT2D eigenvalue weighted by molar-refractivity contribution is 6.15. The molecule has 0 amide bonds. The predicted molar refractivity (Wildman–Crippen MR) is 297 cm³/mol. The second kappa shape index (κ2) is 13.7. The molecule has 0 saturated carbocycles. The lowest BCUT2D eigenvalue weighted by Crippen LogP contribution is -1.98. The Morgan fingerprint density at radius 1 is 0.284 bits per heavy atom. The second-order valence-electron chi connectivity index (χ2n) is 19.3. The minimum atomic E-state index is 0.795. The summed E-state index contributed by atoms with van der Waals surface area (Å²) in [4.78, 5) is 15.8. The Kier molecular flexibility index (Phi) is 7.11. The number of hydrogen-bond acceptors (Lipinski definition) is 4. The van der Waals surface area contributed by atoms with E-state index in [9.17, 15) is 0 Å². The number of fused-ring (bicyclic) bond motifs is 21. The van der Waals surface area contributed by atoms with Crippen LogP contribution in [-0.2, 0) is 0 Å². The summed E-state index contributed by atoms with van der Waals surface area (Å²) in [5.41, 5.74) is 20.3. The van der Waals surface area contributed by atoms with E-state index in [2.05, 4.69) is 244 Å². The van der Waals surface area contributed by atoms with Crippen LogP contribution in [0.3, 0.4) is 0 Å². The van der Waals surface area contributed by atoms with Crippen LogP contribution in [-0.4, -0.2) is 46.4 Å². The molecular weight excluding hydrogens is 913 g/mol. The number of nitrogens with zero attached hydrogens (tertiary/aromatic N) is 10. The summed E-state index contributed by atoms with van der Waals surface area (Å²) in [5, 5.41) is 4.32. The number of para-hydroxylation sites is 12. The fourth-order valence-corrected chi connectivity index (χ4v) is 12.5. The highest BCUT2D eigenvalue weighted by Crippen LogP contribution is 2.43. The SMILES string of the molecule is c1ccc2c(c1)nc1n(-c3ccc4c(c3)c3ccccc3n4-c3cccc4c3oc3cccc(-n5c6ccc(-n7c8ccccc8n8c9ccccc9nc78)cc6n6c7ccccc7nc56)c34)c3ccccc3n21. The molecule has 0 N–H and O–H groups in total. The van der Waals surface area contributed by atoms with Gasteiger partial charge in [0, 0.05) is 21.8 Å². The van der Waals surface area contributed by atoms with Crippen LogP contribution in [0.4, 0.5) is 0 Å². The fourth-order valence-electron chi connectivity index (χ4n) is 12.5. The maximum Gasteiger partial charge on any atom is 0.220 e. The van der Waals surface area contributed by atoms with Crippen molar-refractivity contribution in [3.63, 3.8) is 0 Å². The van der Waals surface area contributed by atoms with E-state index in [0.29, 0.717) is 0 Å². The van der Waals surface area contributed by atoms with E-state index in [1.165, 1.54) is 0 Å². The smallest absolute Gasteiger partial charge is 0.220 e. The lowest BCUT2D eigenvalue weighted by molar-refractivity contribution is 0.666. The summed E-state index contributed by atoms with van der Waals surface area (Å²) >= 11 is 0. The predicted octanol–water partition coefficient (Wildman–Crippen LogP) is 14.9. The average Bonchev–Trinajstić information content (AvgIpc) is 4.34. The highest BCUT2D eigenvalue weighted by Gasteiger charge is 2.26. The summed E-state index contributed by atoms with van der Waals surface area (Å²) in [5.74, 6) is 2.57. The number of furan rings is 1. The average molecular weight is 949 g/mol.